The Kier molecular flexibility index (Phi) is 6.79. The monoisotopic (exact) mass is 376 g/mol. The summed E-state index contributed by atoms with van der Waals surface area (Å²) in [6, 6.07) is 5.97. The molecule has 2 fully saturated rings. The predicted octanol–water partition coefficient (Wildman–Crippen LogP) is 1.07. The third-order valence-corrected chi connectivity index (χ3v) is 5.80. The van der Waals surface area contributed by atoms with Gasteiger partial charge in [-0.15, -0.1) is 0 Å². The minimum absolute atomic E-state index is 0.0685. The lowest BCUT2D eigenvalue weighted by atomic mass is 9.94. The molecular weight excluding hydrogens is 347 g/mol. The van der Waals surface area contributed by atoms with Gasteiger partial charge < -0.3 is 16.0 Å². The highest BCUT2D eigenvalue weighted by molar-refractivity contribution is 5.94. The molecule has 3 rings (SSSR count). The van der Waals surface area contributed by atoms with Crippen molar-refractivity contribution in [3.8, 4) is 0 Å². The highest BCUT2D eigenvalue weighted by Crippen LogP contribution is 2.32. The highest BCUT2D eigenvalue weighted by atomic mass is 19.1. The summed E-state index contributed by atoms with van der Waals surface area (Å²) in [5.74, 6) is -0.206. The zero-order valence-corrected chi connectivity index (χ0v) is 15.7. The molecular formula is C20H29FN4O2. The molecule has 148 valence electrons. The van der Waals surface area contributed by atoms with Crippen molar-refractivity contribution in [1.29, 1.82) is 0 Å². The lowest BCUT2D eigenvalue weighted by molar-refractivity contribution is -0.138. The van der Waals surface area contributed by atoms with Crippen molar-refractivity contribution in [3.05, 3.63) is 35.6 Å². The van der Waals surface area contributed by atoms with Crippen molar-refractivity contribution in [3.63, 3.8) is 0 Å². The van der Waals surface area contributed by atoms with E-state index in [0.29, 0.717) is 38.6 Å². The summed E-state index contributed by atoms with van der Waals surface area (Å²) in [7, 11) is 0. The first kappa shape index (κ1) is 19.8. The van der Waals surface area contributed by atoms with E-state index in [4.69, 9.17) is 5.73 Å². The van der Waals surface area contributed by atoms with Crippen molar-refractivity contribution in [1.82, 2.24) is 15.1 Å². The van der Waals surface area contributed by atoms with Gasteiger partial charge in [-0.2, -0.15) is 0 Å². The molecule has 2 aliphatic rings. The van der Waals surface area contributed by atoms with Crippen LogP contribution in [0.25, 0.3) is 0 Å². The molecule has 0 bridgehead atoms. The fraction of sp³-hybridized carbons (Fsp3) is 0.600. The number of rotatable bonds is 6. The Balaban J connectivity index is 1.39. The number of nitrogens with zero attached hydrogens (tertiary/aromatic N) is 2. The van der Waals surface area contributed by atoms with Crippen molar-refractivity contribution in [2.75, 3.05) is 45.8 Å². The summed E-state index contributed by atoms with van der Waals surface area (Å²) >= 11 is 0. The van der Waals surface area contributed by atoms with Crippen LogP contribution < -0.4 is 11.1 Å². The fourth-order valence-corrected chi connectivity index (χ4v) is 4.14. The van der Waals surface area contributed by atoms with Gasteiger partial charge in [-0.1, -0.05) is 18.6 Å². The molecule has 1 aliphatic carbocycles. The predicted molar refractivity (Wildman–Crippen MR) is 102 cm³/mol. The molecule has 0 unspecified atom stereocenters. The van der Waals surface area contributed by atoms with E-state index >= 15 is 0 Å². The van der Waals surface area contributed by atoms with E-state index in [-0.39, 0.29) is 17.4 Å². The van der Waals surface area contributed by atoms with Crippen LogP contribution >= 0.6 is 0 Å². The largest absolute Gasteiger partial charge is 0.351 e. The van der Waals surface area contributed by atoms with Crippen LogP contribution in [0.3, 0.4) is 0 Å². The minimum Gasteiger partial charge on any atom is -0.351 e. The first-order chi connectivity index (χ1) is 13.1. The van der Waals surface area contributed by atoms with Gasteiger partial charge in [-0.05, 0) is 37.4 Å². The van der Waals surface area contributed by atoms with Crippen LogP contribution in [0.2, 0.25) is 0 Å². The van der Waals surface area contributed by atoms with E-state index in [1.54, 1.807) is 12.1 Å². The molecule has 3 N–H and O–H groups in total. The van der Waals surface area contributed by atoms with Crippen molar-refractivity contribution in [2.24, 2.45) is 17.6 Å². The van der Waals surface area contributed by atoms with Crippen LogP contribution in [0.5, 0.6) is 0 Å². The van der Waals surface area contributed by atoms with Gasteiger partial charge in [0.1, 0.15) is 5.82 Å². The number of piperazine rings is 1. The van der Waals surface area contributed by atoms with Crippen molar-refractivity contribution in [2.45, 2.75) is 19.3 Å². The van der Waals surface area contributed by atoms with E-state index < -0.39 is 11.7 Å². The van der Waals surface area contributed by atoms with E-state index in [0.717, 1.165) is 32.4 Å². The lowest BCUT2D eigenvalue weighted by Gasteiger charge is -2.36. The molecule has 0 aromatic heterocycles. The number of nitrogens with two attached hydrogens (primary N) is 1. The quantitative estimate of drug-likeness (QED) is 0.779. The first-order valence-electron chi connectivity index (χ1n) is 9.84. The smallest absolute Gasteiger partial charge is 0.254 e. The average Bonchev–Trinajstić information content (AvgIpc) is 3.17. The number of hydrogen-bond acceptors (Lipinski definition) is 4. The van der Waals surface area contributed by atoms with Gasteiger partial charge >= 0.3 is 0 Å². The molecule has 7 heteroatoms. The molecule has 1 aromatic carbocycles. The second kappa shape index (κ2) is 9.28. The molecule has 1 saturated heterocycles. The average molecular weight is 376 g/mol. The maximum atomic E-state index is 13.6. The highest BCUT2D eigenvalue weighted by Gasteiger charge is 2.35. The molecule has 1 aromatic rings. The summed E-state index contributed by atoms with van der Waals surface area (Å²) in [5, 5.41) is 2.76. The summed E-state index contributed by atoms with van der Waals surface area (Å²) in [5.41, 5.74) is 5.88. The number of carbonyl (C=O) groups excluding carboxylic acids is 2. The maximum Gasteiger partial charge on any atom is 0.254 e. The SMILES string of the molecule is NC[C@H]1CCC[C@H]1C(=O)N1CCN(CCNC(=O)c2ccccc2F)CC1. The number of carbonyl (C=O) groups is 2. The summed E-state index contributed by atoms with van der Waals surface area (Å²) in [6.45, 7) is 4.76. The van der Waals surface area contributed by atoms with Crippen LogP contribution in [0.4, 0.5) is 4.39 Å². The molecule has 2 atom stereocenters. The van der Waals surface area contributed by atoms with Gasteiger partial charge in [-0.25, -0.2) is 4.39 Å². The van der Waals surface area contributed by atoms with E-state index in [2.05, 4.69) is 10.2 Å². The lowest BCUT2D eigenvalue weighted by Crippen LogP contribution is -2.52. The Morgan fingerprint density at radius 1 is 1.15 bits per heavy atom. The van der Waals surface area contributed by atoms with Crippen molar-refractivity contribution >= 4 is 11.8 Å². The van der Waals surface area contributed by atoms with Gasteiger partial charge in [0.15, 0.2) is 0 Å². The third kappa shape index (κ3) is 4.84. The molecule has 6 nitrogen and oxygen atoms in total. The Morgan fingerprint density at radius 2 is 1.89 bits per heavy atom. The number of benzene rings is 1. The van der Waals surface area contributed by atoms with E-state index in [9.17, 15) is 14.0 Å². The third-order valence-electron chi connectivity index (χ3n) is 5.80. The standard InChI is InChI=1S/C20H29FN4O2/c21-18-7-2-1-5-17(18)19(26)23-8-9-24-10-12-25(13-11-24)20(27)16-6-3-4-15(16)14-22/h1-2,5,7,15-16H,3-4,6,8-14,22H2,(H,23,26)/t15-,16-/m1/s1. The Hall–Kier alpha value is -1.99. The van der Waals surface area contributed by atoms with Gasteiger partial charge in [0.05, 0.1) is 5.56 Å². The number of halogens is 1. The topological polar surface area (TPSA) is 78.7 Å². The zero-order chi connectivity index (χ0) is 19.2. The van der Waals surface area contributed by atoms with Crippen LogP contribution in [0.15, 0.2) is 24.3 Å². The molecule has 27 heavy (non-hydrogen) atoms. The Morgan fingerprint density at radius 3 is 2.59 bits per heavy atom. The Labute approximate surface area is 159 Å². The summed E-state index contributed by atoms with van der Waals surface area (Å²) in [6.07, 6.45) is 3.12. The molecule has 0 spiro atoms. The van der Waals surface area contributed by atoms with Crippen molar-refractivity contribution < 1.29 is 14.0 Å². The maximum absolute atomic E-state index is 13.6. The first-order valence-corrected chi connectivity index (χ1v) is 9.84. The summed E-state index contributed by atoms with van der Waals surface area (Å²) < 4.78 is 13.6. The second-order valence-corrected chi connectivity index (χ2v) is 7.44. The van der Waals surface area contributed by atoms with Gasteiger partial charge in [-0.3, -0.25) is 14.5 Å². The fourth-order valence-electron chi connectivity index (χ4n) is 4.14. The molecule has 1 aliphatic heterocycles. The van der Waals surface area contributed by atoms with Gasteiger partial charge in [0.25, 0.3) is 5.91 Å². The summed E-state index contributed by atoms with van der Waals surface area (Å²) in [4.78, 5) is 28.9. The normalized spacial score (nSPS) is 23.4. The van der Waals surface area contributed by atoms with Crippen LogP contribution in [-0.2, 0) is 4.79 Å². The molecule has 1 saturated carbocycles. The van der Waals surface area contributed by atoms with Gasteiger partial charge in [0.2, 0.25) is 5.91 Å². The molecule has 0 radical (unpaired) electrons. The van der Waals surface area contributed by atoms with Crippen LogP contribution in [0, 0.1) is 17.7 Å². The van der Waals surface area contributed by atoms with Crippen LogP contribution in [-0.4, -0.2) is 67.4 Å². The molecule has 2 amide bonds. The number of amides is 2. The van der Waals surface area contributed by atoms with Gasteiger partial charge in [0, 0.05) is 45.2 Å². The minimum atomic E-state index is -0.509. The number of nitrogens with one attached hydrogen (secondary N) is 1. The van der Waals surface area contributed by atoms with E-state index in [1.165, 1.54) is 12.1 Å². The zero-order valence-electron chi connectivity index (χ0n) is 15.7. The number of hydrogen-bond donors (Lipinski definition) is 2. The Bertz CT molecular complexity index is 661. The van der Waals surface area contributed by atoms with E-state index in [1.807, 2.05) is 4.90 Å². The second-order valence-electron chi connectivity index (χ2n) is 7.44. The van der Waals surface area contributed by atoms with Crippen LogP contribution in [0.1, 0.15) is 29.6 Å². The molecule has 1 heterocycles.